The first-order valence-corrected chi connectivity index (χ1v) is 4.90. The summed E-state index contributed by atoms with van der Waals surface area (Å²) >= 11 is 0. The van der Waals surface area contributed by atoms with Crippen molar-refractivity contribution in [1.82, 2.24) is 0 Å². The molecule has 0 unspecified atom stereocenters. The molecule has 0 heterocycles. The molecule has 0 fully saturated rings. The Morgan fingerprint density at radius 3 is 2.56 bits per heavy atom. The summed E-state index contributed by atoms with van der Waals surface area (Å²) in [5, 5.41) is 0. The van der Waals surface area contributed by atoms with Crippen LogP contribution >= 0.6 is 0 Å². The second-order valence-corrected chi connectivity index (χ2v) is 3.35. The Bertz CT molecular complexity index is 384. The number of esters is 1. The third kappa shape index (κ3) is 3.73. The highest BCUT2D eigenvalue weighted by Crippen LogP contribution is 2.18. The maximum absolute atomic E-state index is 11.1. The van der Waals surface area contributed by atoms with Crippen LogP contribution in [-0.4, -0.2) is 18.9 Å². The van der Waals surface area contributed by atoms with Gasteiger partial charge in [-0.15, -0.1) is 0 Å². The second-order valence-electron chi connectivity index (χ2n) is 3.35. The molecule has 1 rings (SSSR count). The first-order chi connectivity index (χ1) is 7.63. The van der Waals surface area contributed by atoms with E-state index in [4.69, 9.17) is 9.47 Å². The van der Waals surface area contributed by atoms with E-state index in [0.29, 0.717) is 5.75 Å². The van der Waals surface area contributed by atoms with Crippen LogP contribution in [0.15, 0.2) is 24.3 Å². The third-order valence-corrected chi connectivity index (χ3v) is 1.97. The summed E-state index contributed by atoms with van der Waals surface area (Å²) in [5.74, 6) is -0.0541. The van der Waals surface area contributed by atoms with E-state index in [2.05, 4.69) is 0 Å². The SMILES string of the molecule is COc1ccccc1COC(=O)CC(C)=O. The first-order valence-electron chi connectivity index (χ1n) is 4.90. The van der Waals surface area contributed by atoms with Gasteiger partial charge in [-0.25, -0.2) is 0 Å². The van der Waals surface area contributed by atoms with Gasteiger partial charge in [0, 0.05) is 5.56 Å². The molecule has 4 heteroatoms. The average Bonchev–Trinajstić information content (AvgIpc) is 2.26. The van der Waals surface area contributed by atoms with Gasteiger partial charge in [-0.1, -0.05) is 18.2 Å². The quantitative estimate of drug-likeness (QED) is 0.562. The highest BCUT2D eigenvalue weighted by Gasteiger charge is 2.08. The van der Waals surface area contributed by atoms with Crippen LogP contribution in [0.3, 0.4) is 0 Å². The molecule has 0 saturated carbocycles. The molecule has 0 atom stereocenters. The van der Waals surface area contributed by atoms with Crippen LogP contribution in [0.4, 0.5) is 0 Å². The summed E-state index contributed by atoms with van der Waals surface area (Å²) in [6.45, 7) is 1.47. The molecule has 4 nitrogen and oxygen atoms in total. The van der Waals surface area contributed by atoms with Gasteiger partial charge >= 0.3 is 5.97 Å². The molecule has 1 aromatic rings. The van der Waals surface area contributed by atoms with Crippen molar-refractivity contribution in [3.05, 3.63) is 29.8 Å². The van der Waals surface area contributed by atoms with Crippen molar-refractivity contribution in [1.29, 1.82) is 0 Å². The number of hydrogen-bond donors (Lipinski definition) is 0. The summed E-state index contributed by atoms with van der Waals surface area (Å²) in [6.07, 6.45) is -0.185. The highest BCUT2D eigenvalue weighted by molar-refractivity contribution is 5.94. The maximum atomic E-state index is 11.1. The lowest BCUT2D eigenvalue weighted by atomic mass is 10.2. The molecule has 0 aromatic heterocycles. The number of Topliss-reactive ketones (excluding diaryl/α,β-unsaturated/α-hetero) is 1. The van der Waals surface area contributed by atoms with Crippen LogP contribution in [0.5, 0.6) is 5.75 Å². The van der Waals surface area contributed by atoms with Crippen LogP contribution in [0.25, 0.3) is 0 Å². The topological polar surface area (TPSA) is 52.6 Å². The zero-order valence-corrected chi connectivity index (χ0v) is 9.36. The van der Waals surface area contributed by atoms with Gasteiger partial charge < -0.3 is 9.47 Å². The fourth-order valence-corrected chi connectivity index (χ4v) is 1.23. The Morgan fingerprint density at radius 2 is 1.94 bits per heavy atom. The van der Waals surface area contributed by atoms with Gasteiger partial charge in [-0.3, -0.25) is 9.59 Å². The average molecular weight is 222 g/mol. The molecule has 0 spiro atoms. The van der Waals surface area contributed by atoms with E-state index in [1.165, 1.54) is 6.92 Å². The number of ether oxygens (including phenoxy) is 2. The van der Waals surface area contributed by atoms with Crippen LogP contribution < -0.4 is 4.74 Å². The Kier molecular flexibility index (Phi) is 4.51. The predicted octanol–water partition coefficient (Wildman–Crippen LogP) is 1.72. The van der Waals surface area contributed by atoms with Crippen molar-refractivity contribution >= 4 is 11.8 Å². The van der Waals surface area contributed by atoms with Gasteiger partial charge in [-0.2, -0.15) is 0 Å². The molecule has 16 heavy (non-hydrogen) atoms. The van der Waals surface area contributed by atoms with Crippen molar-refractivity contribution in [2.24, 2.45) is 0 Å². The lowest BCUT2D eigenvalue weighted by molar-refractivity contribution is -0.146. The molecule has 86 valence electrons. The largest absolute Gasteiger partial charge is 0.496 e. The van der Waals surface area contributed by atoms with E-state index in [1.54, 1.807) is 19.2 Å². The minimum atomic E-state index is -0.515. The minimum Gasteiger partial charge on any atom is -0.496 e. The Morgan fingerprint density at radius 1 is 1.25 bits per heavy atom. The zero-order chi connectivity index (χ0) is 12.0. The van der Waals surface area contributed by atoms with Gasteiger partial charge in [-0.05, 0) is 13.0 Å². The molecule has 1 aromatic carbocycles. The van der Waals surface area contributed by atoms with Crippen molar-refractivity contribution in [3.8, 4) is 5.75 Å². The van der Waals surface area contributed by atoms with Gasteiger partial charge in [0.05, 0.1) is 7.11 Å². The monoisotopic (exact) mass is 222 g/mol. The number of benzene rings is 1. The molecule has 0 radical (unpaired) electrons. The third-order valence-electron chi connectivity index (χ3n) is 1.97. The molecule has 0 N–H and O–H groups in total. The van der Waals surface area contributed by atoms with Gasteiger partial charge in [0.25, 0.3) is 0 Å². The van der Waals surface area contributed by atoms with Gasteiger partial charge in [0.1, 0.15) is 24.6 Å². The van der Waals surface area contributed by atoms with E-state index >= 15 is 0 Å². The molecule has 0 amide bonds. The molecule has 0 aliphatic rings. The molecular formula is C12H14O4. The van der Waals surface area contributed by atoms with Crippen molar-refractivity contribution in [2.75, 3.05) is 7.11 Å². The summed E-state index contributed by atoms with van der Waals surface area (Å²) in [6, 6.07) is 7.25. The predicted molar refractivity (Wildman–Crippen MR) is 58.1 cm³/mol. The van der Waals surface area contributed by atoms with E-state index in [9.17, 15) is 9.59 Å². The Labute approximate surface area is 94.2 Å². The van der Waals surface area contributed by atoms with E-state index < -0.39 is 5.97 Å². The number of carbonyl (C=O) groups is 2. The number of hydrogen-bond acceptors (Lipinski definition) is 4. The summed E-state index contributed by atoms with van der Waals surface area (Å²) < 4.78 is 10.0. The van der Waals surface area contributed by atoms with Gasteiger partial charge in [0.15, 0.2) is 0 Å². The summed E-state index contributed by atoms with van der Waals surface area (Å²) in [4.78, 5) is 21.8. The van der Waals surface area contributed by atoms with Gasteiger partial charge in [0.2, 0.25) is 0 Å². The number of carbonyl (C=O) groups excluding carboxylic acids is 2. The summed E-state index contributed by atoms with van der Waals surface area (Å²) in [5.41, 5.74) is 0.780. The van der Waals surface area contributed by atoms with E-state index in [-0.39, 0.29) is 18.8 Å². The van der Waals surface area contributed by atoms with Crippen LogP contribution in [0.2, 0.25) is 0 Å². The minimum absolute atomic E-state index is 0.121. The fraction of sp³-hybridized carbons (Fsp3) is 0.333. The van der Waals surface area contributed by atoms with E-state index in [0.717, 1.165) is 5.56 Å². The zero-order valence-electron chi connectivity index (χ0n) is 9.36. The smallest absolute Gasteiger partial charge is 0.313 e. The fourth-order valence-electron chi connectivity index (χ4n) is 1.23. The Hall–Kier alpha value is -1.84. The molecule has 0 aliphatic heterocycles. The normalized spacial score (nSPS) is 9.62. The van der Waals surface area contributed by atoms with Crippen molar-refractivity contribution in [3.63, 3.8) is 0 Å². The number of ketones is 1. The molecular weight excluding hydrogens is 208 g/mol. The van der Waals surface area contributed by atoms with Crippen LogP contribution in [0, 0.1) is 0 Å². The lowest BCUT2D eigenvalue weighted by Gasteiger charge is -2.08. The summed E-state index contributed by atoms with van der Waals surface area (Å²) in [7, 11) is 1.55. The van der Waals surface area contributed by atoms with Crippen LogP contribution in [0.1, 0.15) is 18.9 Å². The second kappa shape index (κ2) is 5.90. The number of rotatable bonds is 5. The standard InChI is InChI=1S/C12H14O4/c1-9(13)7-12(14)16-8-10-5-3-4-6-11(10)15-2/h3-6H,7-8H2,1-2H3. The molecule has 0 bridgehead atoms. The number of methoxy groups -OCH3 is 1. The highest BCUT2D eigenvalue weighted by atomic mass is 16.5. The Balaban J connectivity index is 2.54. The first kappa shape index (κ1) is 12.2. The lowest BCUT2D eigenvalue weighted by Crippen LogP contribution is -2.09. The van der Waals surface area contributed by atoms with Crippen LogP contribution in [-0.2, 0) is 20.9 Å². The van der Waals surface area contributed by atoms with E-state index in [1.807, 2.05) is 12.1 Å². The maximum Gasteiger partial charge on any atom is 0.313 e. The van der Waals surface area contributed by atoms with Crippen molar-refractivity contribution in [2.45, 2.75) is 20.0 Å². The molecule has 0 saturated heterocycles. The van der Waals surface area contributed by atoms with Crippen molar-refractivity contribution < 1.29 is 19.1 Å². The molecule has 0 aliphatic carbocycles. The number of para-hydroxylation sites is 1.